The van der Waals surface area contributed by atoms with Crippen molar-refractivity contribution >= 4 is 17.2 Å². The molecule has 7 nitrogen and oxygen atoms in total. The number of hydrogen-bond donors (Lipinski definition) is 0. The average Bonchev–Trinajstić information content (AvgIpc) is 2.87. The molecule has 2 fully saturated rings. The van der Waals surface area contributed by atoms with E-state index in [0.717, 1.165) is 24.8 Å². The van der Waals surface area contributed by atoms with Gasteiger partial charge in [-0.15, -0.1) is 0 Å². The lowest BCUT2D eigenvalue weighted by Gasteiger charge is -2.32. The van der Waals surface area contributed by atoms with E-state index in [1.165, 1.54) is 10.6 Å². The van der Waals surface area contributed by atoms with Gasteiger partial charge in [-0.3, -0.25) is 9.59 Å². The van der Waals surface area contributed by atoms with Crippen LogP contribution < -0.4 is 11.1 Å². The van der Waals surface area contributed by atoms with Gasteiger partial charge < -0.3 is 9.30 Å². The highest BCUT2D eigenvalue weighted by Crippen LogP contribution is 2.39. The first-order valence-corrected chi connectivity index (χ1v) is 13.4. The van der Waals surface area contributed by atoms with E-state index < -0.39 is 5.82 Å². The van der Waals surface area contributed by atoms with Gasteiger partial charge in [0.15, 0.2) is 5.65 Å². The Balaban J connectivity index is 1.44. The van der Waals surface area contributed by atoms with Gasteiger partial charge in [0.25, 0.3) is 11.1 Å². The molecule has 4 heterocycles. The lowest BCUT2D eigenvalue weighted by Crippen LogP contribution is -2.29. The monoisotopic (exact) mass is 534 g/mol. The third-order valence-corrected chi connectivity index (χ3v) is 8.24. The number of benzene rings is 1. The van der Waals surface area contributed by atoms with Crippen molar-refractivity contribution in [2.75, 3.05) is 6.61 Å². The molecule has 2 aliphatic rings. The molecule has 9 heteroatoms. The van der Waals surface area contributed by atoms with E-state index in [9.17, 15) is 9.59 Å². The van der Waals surface area contributed by atoms with Gasteiger partial charge >= 0.3 is 0 Å². The summed E-state index contributed by atoms with van der Waals surface area (Å²) < 4.78 is 24.4. The summed E-state index contributed by atoms with van der Waals surface area (Å²) in [7, 11) is 0. The Morgan fingerprint density at radius 1 is 1.05 bits per heavy atom. The fraction of sp³-hybridized carbons (Fsp3) is 0.379. The zero-order valence-electron chi connectivity index (χ0n) is 21.3. The summed E-state index contributed by atoms with van der Waals surface area (Å²) in [6, 6.07) is 10.0. The van der Waals surface area contributed by atoms with Crippen LogP contribution in [-0.4, -0.2) is 25.8 Å². The van der Waals surface area contributed by atoms with E-state index >= 15 is 4.39 Å². The largest absolute Gasteiger partial charge is 0.373 e. The molecule has 0 amide bonds. The maximum atomic E-state index is 15.1. The van der Waals surface area contributed by atoms with Gasteiger partial charge in [-0.2, -0.15) is 9.61 Å². The van der Waals surface area contributed by atoms with Gasteiger partial charge in [-0.25, -0.2) is 9.37 Å². The molecule has 0 radical (unpaired) electrons. The Bertz CT molecular complexity index is 1680. The molecule has 0 N–H and O–H groups in total. The molecule has 196 valence electrons. The fourth-order valence-electron chi connectivity index (χ4n) is 5.39. The quantitative estimate of drug-likeness (QED) is 0.336. The van der Waals surface area contributed by atoms with Crippen LogP contribution in [0, 0.1) is 19.7 Å². The average molecular weight is 535 g/mol. The number of fused-ring (bicyclic) bond motifs is 1. The van der Waals surface area contributed by atoms with Crippen LogP contribution in [-0.2, 0) is 4.74 Å². The first kappa shape index (κ1) is 24.9. The van der Waals surface area contributed by atoms with Crippen molar-refractivity contribution in [3.63, 3.8) is 0 Å². The Labute approximate surface area is 223 Å². The van der Waals surface area contributed by atoms with Crippen molar-refractivity contribution in [3.05, 3.63) is 96.7 Å². The number of aryl methyl sites for hydroxylation is 1. The zero-order chi connectivity index (χ0) is 26.6. The summed E-state index contributed by atoms with van der Waals surface area (Å²) in [4.78, 5) is 30.3. The lowest BCUT2D eigenvalue weighted by molar-refractivity contribution is 0.00393. The summed E-state index contributed by atoms with van der Waals surface area (Å²) in [5, 5.41) is 5.02. The van der Waals surface area contributed by atoms with E-state index in [0.29, 0.717) is 53.2 Å². The van der Waals surface area contributed by atoms with Crippen LogP contribution in [0.4, 0.5) is 4.39 Å². The molecular weight excluding hydrogens is 507 g/mol. The second-order valence-corrected chi connectivity index (χ2v) is 10.8. The number of aromatic nitrogens is 4. The normalized spacial score (nSPS) is 20.0. The molecule has 0 bridgehead atoms. The maximum absolute atomic E-state index is 15.1. The highest BCUT2D eigenvalue weighted by atomic mass is 35.5. The molecule has 1 saturated heterocycles. The molecule has 1 aliphatic heterocycles. The molecule has 2 unspecified atom stereocenters. The SMILES string of the molecule is Cc1nc2c(-c3ccc(Cl)cc3F)cc(C3CCOC(c4ccc(=O)n(C5CCC5)c4)C3)nn2c(=O)c1C. The Hall–Kier alpha value is -3.36. The van der Waals surface area contributed by atoms with Gasteiger partial charge in [0, 0.05) is 58.2 Å². The fourth-order valence-corrected chi connectivity index (χ4v) is 5.55. The summed E-state index contributed by atoms with van der Waals surface area (Å²) in [6.07, 6.45) is 6.21. The van der Waals surface area contributed by atoms with Crippen LogP contribution in [0.25, 0.3) is 16.8 Å². The predicted octanol–water partition coefficient (Wildman–Crippen LogP) is 5.69. The van der Waals surface area contributed by atoms with E-state index in [1.54, 1.807) is 32.0 Å². The Morgan fingerprint density at radius 2 is 1.87 bits per heavy atom. The molecular formula is C29H28ClFN4O3. The molecule has 0 spiro atoms. The second-order valence-electron chi connectivity index (χ2n) is 10.3. The van der Waals surface area contributed by atoms with Crippen LogP contribution in [0.15, 0.2) is 52.2 Å². The van der Waals surface area contributed by atoms with Crippen LogP contribution in [0.1, 0.15) is 72.7 Å². The smallest absolute Gasteiger partial charge is 0.277 e. The van der Waals surface area contributed by atoms with Gasteiger partial charge in [-0.05, 0) is 81.8 Å². The molecule has 1 aliphatic carbocycles. The van der Waals surface area contributed by atoms with Crippen molar-refractivity contribution in [1.29, 1.82) is 0 Å². The Morgan fingerprint density at radius 3 is 2.61 bits per heavy atom. The molecule has 1 saturated carbocycles. The predicted molar refractivity (Wildman–Crippen MR) is 143 cm³/mol. The minimum Gasteiger partial charge on any atom is -0.373 e. The first-order valence-electron chi connectivity index (χ1n) is 13.0. The zero-order valence-corrected chi connectivity index (χ0v) is 22.0. The van der Waals surface area contributed by atoms with E-state index in [-0.39, 0.29) is 34.2 Å². The number of nitrogens with zero attached hydrogens (tertiary/aromatic N) is 4. The number of pyridine rings is 1. The summed E-state index contributed by atoms with van der Waals surface area (Å²) in [5.74, 6) is -0.531. The lowest BCUT2D eigenvalue weighted by atomic mass is 9.88. The van der Waals surface area contributed by atoms with E-state index in [4.69, 9.17) is 21.4 Å². The molecule has 1 aromatic carbocycles. The van der Waals surface area contributed by atoms with Crippen molar-refractivity contribution in [1.82, 2.24) is 19.2 Å². The van der Waals surface area contributed by atoms with Gasteiger partial charge in [-0.1, -0.05) is 11.6 Å². The number of hydrogen-bond acceptors (Lipinski definition) is 5. The summed E-state index contributed by atoms with van der Waals surface area (Å²) in [5.41, 5.74) is 3.54. The third-order valence-electron chi connectivity index (χ3n) is 8.00. The standard InChI is InChI=1S/C29H28ClFN4O3/c1-16-17(2)32-28-23(22-8-7-20(30)13-24(22)31)14-25(33-35(28)29(16)37)18-10-11-38-26(12-18)19-6-9-27(36)34(15-19)21-4-3-5-21/h6-9,13-15,18,21,26H,3-5,10-12H2,1-2H3. The molecule has 3 aromatic heterocycles. The van der Waals surface area contributed by atoms with Gasteiger partial charge in [0.1, 0.15) is 5.82 Å². The highest BCUT2D eigenvalue weighted by Gasteiger charge is 2.29. The van der Waals surface area contributed by atoms with Crippen LogP contribution in [0.2, 0.25) is 5.02 Å². The van der Waals surface area contributed by atoms with Gasteiger partial charge in [0.2, 0.25) is 0 Å². The summed E-state index contributed by atoms with van der Waals surface area (Å²) >= 11 is 6.02. The first-order chi connectivity index (χ1) is 18.3. The maximum Gasteiger partial charge on any atom is 0.277 e. The molecule has 4 aromatic rings. The van der Waals surface area contributed by atoms with Crippen molar-refractivity contribution in [3.8, 4) is 11.1 Å². The van der Waals surface area contributed by atoms with Crippen LogP contribution >= 0.6 is 11.6 Å². The van der Waals surface area contributed by atoms with Crippen LogP contribution in [0.3, 0.4) is 0 Å². The number of ether oxygens (including phenoxy) is 1. The van der Waals surface area contributed by atoms with E-state index in [2.05, 4.69) is 4.98 Å². The molecule has 38 heavy (non-hydrogen) atoms. The number of halogens is 2. The minimum atomic E-state index is -0.493. The van der Waals surface area contributed by atoms with Crippen molar-refractivity contribution in [2.24, 2.45) is 0 Å². The number of rotatable bonds is 4. The molecule has 6 rings (SSSR count). The Kier molecular flexibility index (Phi) is 6.40. The topological polar surface area (TPSA) is 78.5 Å². The minimum absolute atomic E-state index is 0.00850. The summed E-state index contributed by atoms with van der Waals surface area (Å²) in [6.45, 7) is 3.98. The third kappa shape index (κ3) is 4.35. The second kappa shape index (κ2) is 9.75. The van der Waals surface area contributed by atoms with Gasteiger partial charge in [0.05, 0.1) is 11.8 Å². The molecule has 2 atom stereocenters. The highest BCUT2D eigenvalue weighted by molar-refractivity contribution is 6.30. The van der Waals surface area contributed by atoms with Crippen LogP contribution in [0.5, 0.6) is 0 Å². The van der Waals surface area contributed by atoms with E-state index in [1.807, 2.05) is 22.9 Å². The van der Waals surface area contributed by atoms with Crippen molar-refractivity contribution in [2.45, 2.75) is 64.0 Å². The van der Waals surface area contributed by atoms with Crippen molar-refractivity contribution < 1.29 is 9.13 Å².